The Morgan fingerprint density at radius 3 is 2.80 bits per heavy atom. The molecular formula is C14H11IN2O2S. The summed E-state index contributed by atoms with van der Waals surface area (Å²) in [7, 11) is 0. The van der Waals surface area contributed by atoms with Gasteiger partial charge >= 0.3 is 5.97 Å². The third-order valence-electron chi connectivity index (χ3n) is 3.02. The highest BCUT2D eigenvalue weighted by atomic mass is 127. The molecule has 0 bridgehead atoms. The van der Waals surface area contributed by atoms with E-state index in [4.69, 9.17) is 5.11 Å². The minimum atomic E-state index is -0.776. The number of aromatic nitrogens is 2. The predicted octanol–water partition coefficient (Wildman–Crippen LogP) is 3.68. The Balaban J connectivity index is 1.94. The molecule has 0 atom stereocenters. The lowest BCUT2D eigenvalue weighted by molar-refractivity contribution is -0.136. The number of benzene rings is 1. The van der Waals surface area contributed by atoms with Crippen LogP contribution in [0, 0.1) is 3.57 Å². The van der Waals surface area contributed by atoms with Gasteiger partial charge in [-0.05, 0) is 41.1 Å². The summed E-state index contributed by atoms with van der Waals surface area (Å²) in [6.45, 7) is 0. The normalized spacial score (nSPS) is 11.1. The monoisotopic (exact) mass is 398 g/mol. The smallest absolute Gasteiger partial charge is 0.303 e. The molecule has 0 fully saturated rings. The zero-order chi connectivity index (χ0) is 14.1. The van der Waals surface area contributed by atoms with Crippen LogP contribution >= 0.6 is 33.9 Å². The maximum Gasteiger partial charge on any atom is 0.303 e. The van der Waals surface area contributed by atoms with E-state index in [1.165, 1.54) is 3.57 Å². The Bertz CT molecular complexity index is 761. The van der Waals surface area contributed by atoms with E-state index in [-0.39, 0.29) is 6.42 Å². The molecule has 1 aromatic carbocycles. The van der Waals surface area contributed by atoms with E-state index in [1.807, 2.05) is 28.1 Å². The molecule has 3 aromatic rings. The molecule has 0 aliphatic heterocycles. The van der Waals surface area contributed by atoms with Gasteiger partial charge in [0, 0.05) is 26.4 Å². The number of carboxylic acids is 1. The molecule has 0 unspecified atom stereocenters. The Labute approximate surface area is 133 Å². The summed E-state index contributed by atoms with van der Waals surface area (Å²) in [5, 5.41) is 10.7. The van der Waals surface area contributed by atoms with Crippen molar-refractivity contribution in [2.24, 2.45) is 0 Å². The first-order valence-electron chi connectivity index (χ1n) is 6.06. The van der Waals surface area contributed by atoms with E-state index in [2.05, 4.69) is 39.7 Å². The van der Waals surface area contributed by atoms with Gasteiger partial charge in [0.25, 0.3) is 0 Å². The first-order valence-corrected chi connectivity index (χ1v) is 8.02. The molecule has 102 valence electrons. The number of rotatable bonds is 4. The largest absolute Gasteiger partial charge is 0.481 e. The van der Waals surface area contributed by atoms with Crippen LogP contribution in [0.5, 0.6) is 0 Å². The Hall–Kier alpha value is -1.41. The first-order chi connectivity index (χ1) is 9.63. The number of hydrogen-bond acceptors (Lipinski definition) is 3. The van der Waals surface area contributed by atoms with Crippen molar-refractivity contribution in [2.45, 2.75) is 12.8 Å². The van der Waals surface area contributed by atoms with Gasteiger partial charge in [-0.25, -0.2) is 4.98 Å². The molecule has 0 saturated heterocycles. The summed E-state index contributed by atoms with van der Waals surface area (Å²) in [6, 6.07) is 8.19. The number of aliphatic carboxylic acids is 1. The van der Waals surface area contributed by atoms with E-state index in [1.54, 1.807) is 11.3 Å². The molecule has 3 rings (SSSR count). The second kappa shape index (κ2) is 5.53. The molecule has 2 aromatic heterocycles. The Morgan fingerprint density at radius 1 is 1.35 bits per heavy atom. The number of halogens is 1. The minimum Gasteiger partial charge on any atom is -0.481 e. The molecule has 1 N–H and O–H groups in total. The van der Waals surface area contributed by atoms with Crippen molar-refractivity contribution >= 4 is 44.9 Å². The Morgan fingerprint density at radius 2 is 2.10 bits per heavy atom. The van der Waals surface area contributed by atoms with Gasteiger partial charge in [0.2, 0.25) is 0 Å². The van der Waals surface area contributed by atoms with Crippen LogP contribution in [-0.2, 0) is 11.2 Å². The van der Waals surface area contributed by atoms with Gasteiger partial charge in [0.1, 0.15) is 0 Å². The van der Waals surface area contributed by atoms with Crippen molar-refractivity contribution in [2.75, 3.05) is 0 Å². The molecule has 4 nitrogen and oxygen atoms in total. The predicted molar refractivity (Wildman–Crippen MR) is 87.2 cm³/mol. The third-order valence-corrected chi connectivity index (χ3v) is 4.63. The number of imidazole rings is 1. The minimum absolute atomic E-state index is 0.142. The van der Waals surface area contributed by atoms with Crippen LogP contribution in [0.1, 0.15) is 12.1 Å². The van der Waals surface area contributed by atoms with Crippen LogP contribution in [0.4, 0.5) is 0 Å². The van der Waals surface area contributed by atoms with Crippen molar-refractivity contribution in [3.05, 3.63) is 45.1 Å². The van der Waals surface area contributed by atoms with Gasteiger partial charge in [-0.3, -0.25) is 9.20 Å². The zero-order valence-corrected chi connectivity index (χ0v) is 13.4. The molecule has 0 saturated carbocycles. The number of thiazole rings is 1. The van der Waals surface area contributed by atoms with Crippen LogP contribution in [0.3, 0.4) is 0 Å². The highest BCUT2D eigenvalue weighted by molar-refractivity contribution is 14.1. The average molecular weight is 398 g/mol. The zero-order valence-electron chi connectivity index (χ0n) is 10.4. The number of aryl methyl sites for hydroxylation is 1. The fourth-order valence-electron chi connectivity index (χ4n) is 2.00. The van der Waals surface area contributed by atoms with Crippen molar-refractivity contribution in [3.63, 3.8) is 0 Å². The number of carbonyl (C=O) groups is 1. The fraction of sp³-hybridized carbons (Fsp3) is 0.143. The van der Waals surface area contributed by atoms with E-state index < -0.39 is 5.97 Å². The topological polar surface area (TPSA) is 54.6 Å². The maximum atomic E-state index is 10.7. The molecule has 0 aliphatic rings. The van der Waals surface area contributed by atoms with E-state index >= 15 is 0 Å². The third kappa shape index (κ3) is 2.71. The number of nitrogens with zero attached hydrogens (tertiary/aromatic N) is 2. The maximum absolute atomic E-state index is 10.7. The quantitative estimate of drug-likeness (QED) is 0.683. The first kappa shape index (κ1) is 13.6. The lowest BCUT2D eigenvalue weighted by Gasteiger charge is -1.97. The molecule has 2 heterocycles. The molecule has 0 radical (unpaired) electrons. The van der Waals surface area contributed by atoms with Crippen molar-refractivity contribution in [1.29, 1.82) is 0 Å². The van der Waals surface area contributed by atoms with Crippen LogP contribution in [-0.4, -0.2) is 20.5 Å². The summed E-state index contributed by atoms with van der Waals surface area (Å²) < 4.78 is 3.18. The van der Waals surface area contributed by atoms with E-state index in [0.717, 1.165) is 21.9 Å². The van der Waals surface area contributed by atoms with Gasteiger partial charge in [0.05, 0.1) is 12.1 Å². The van der Waals surface area contributed by atoms with Gasteiger partial charge in [0.15, 0.2) is 4.96 Å². The number of carboxylic acid groups (broad SMARTS) is 1. The lowest BCUT2D eigenvalue weighted by Crippen LogP contribution is -1.99. The van der Waals surface area contributed by atoms with Gasteiger partial charge in [-0.15, -0.1) is 11.3 Å². The molecule has 6 heteroatoms. The molecule has 20 heavy (non-hydrogen) atoms. The van der Waals surface area contributed by atoms with E-state index in [0.29, 0.717) is 6.42 Å². The fourth-order valence-corrected chi connectivity index (χ4v) is 3.27. The Kier molecular flexibility index (Phi) is 3.75. The van der Waals surface area contributed by atoms with Crippen LogP contribution in [0.2, 0.25) is 0 Å². The van der Waals surface area contributed by atoms with Gasteiger partial charge in [-0.2, -0.15) is 0 Å². The van der Waals surface area contributed by atoms with Gasteiger partial charge in [-0.1, -0.05) is 12.1 Å². The number of fused-ring (bicyclic) bond motifs is 1. The second-order valence-corrected chi connectivity index (χ2v) is 6.49. The average Bonchev–Trinajstić information content (AvgIpc) is 2.97. The highest BCUT2D eigenvalue weighted by Gasteiger charge is 2.10. The number of hydrogen-bond donors (Lipinski definition) is 1. The van der Waals surface area contributed by atoms with Crippen molar-refractivity contribution in [3.8, 4) is 11.3 Å². The summed E-state index contributed by atoms with van der Waals surface area (Å²) in [4.78, 5) is 16.2. The molecule has 0 spiro atoms. The van der Waals surface area contributed by atoms with Gasteiger partial charge < -0.3 is 5.11 Å². The lowest BCUT2D eigenvalue weighted by atomic mass is 10.2. The summed E-state index contributed by atoms with van der Waals surface area (Å²) in [5.41, 5.74) is 2.99. The SMILES string of the molecule is O=C(O)CCc1csc2nc(-c3ccc(I)cc3)cn12. The standard InChI is InChI=1S/C14H11IN2O2S/c15-10-3-1-9(2-4-10)12-7-17-11(5-6-13(18)19)8-20-14(17)16-12/h1-4,7-8H,5-6H2,(H,18,19). The second-order valence-electron chi connectivity index (χ2n) is 4.41. The van der Waals surface area contributed by atoms with Crippen LogP contribution in [0.25, 0.3) is 16.2 Å². The van der Waals surface area contributed by atoms with Crippen molar-refractivity contribution < 1.29 is 9.90 Å². The molecule has 0 amide bonds. The molecule has 0 aliphatic carbocycles. The highest BCUT2D eigenvalue weighted by Crippen LogP contribution is 2.24. The summed E-state index contributed by atoms with van der Waals surface area (Å²) in [5.74, 6) is -0.776. The van der Waals surface area contributed by atoms with Crippen molar-refractivity contribution in [1.82, 2.24) is 9.38 Å². The summed E-state index contributed by atoms with van der Waals surface area (Å²) in [6.07, 6.45) is 2.64. The summed E-state index contributed by atoms with van der Waals surface area (Å²) >= 11 is 3.81. The van der Waals surface area contributed by atoms with Crippen LogP contribution < -0.4 is 0 Å². The van der Waals surface area contributed by atoms with E-state index in [9.17, 15) is 4.79 Å². The molecular weight excluding hydrogens is 387 g/mol. The van der Waals surface area contributed by atoms with Crippen LogP contribution in [0.15, 0.2) is 35.8 Å².